The van der Waals surface area contributed by atoms with Gasteiger partial charge in [0.1, 0.15) is 11.6 Å². The summed E-state index contributed by atoms with van der Waals surface area (Å²) in [5, 5.41) is 13.5. The summed E-state index contributed by atoms with van der Waals surface area (Å²) in [7, 11) is 0. The summed E-state index contributed by atoms with van der Waals surface area (Å²) in [6.07, 6.45) is 2.92. The van der Waals surface area contributed by atoms with Crippen LogP contribution in [0.1, 0.15) is 30.9 Å². The van der Waals surface area contributed by atoms with Crippen molar-refractivity contribution >= 4 is 0 Å². The maximum atomic E-state index is 9.95. The van der Waals surface area contributed by atoms with Crippen LogP contribution in [0.25, 0.3) is 0 Å². The van der Waals surface area contributed by atoms with Crippen LogP contribution in [0.4, 0.5) is 0 Å². The van der Waals surface area contributed by atoms with Crippen molar-refractivity contribution in [3.8, 4) is 5.75 Å². The molecule has 0 radical (unpaired) electrons. The van der Waals surface area contributed by atoms with Gasteiger partial charge in [0.15, 0.2) is 0 Å². The third kappa shape index (κ3) is 2.98. The van der Waals surface area contributed by atoms with Crippen molar-refractivity contribution in [3.05, 3.63) is 41.3 Å². The summed E-state index contributed by atoms with van der Waals surface area (Å²) < 4.78 is 0. The molecule has 0 aliphatic carbocycles. The fourth-order valence-corrected chi connectivity index (χ4v) is 3.57. The fraction of sp³-hybridized carbons (Fsp3) is 0.500. The van der Waals surface area contributed by atoms with Gasteiger partial charge in [-0.05, 0) is 18.9 Å². The number of hydrogen-bond acceptors (Lipinski definition) is 6. The van der Waals surface area contributed by atoms with Crippen LogP contribution in [-0.2, 0) is 0 Å². The van der Waals surface area contributed by atoms with Gasteiger partial charge in [0.2, 0.25) is 0 Å². The molecule has 3 atom stereocenters. The largest absolute Gasteiger partial charge is 0.508 e. The van der Waals surface area contributed by atoms with E-state index in [1.807, 2.05) is 12.1 Å². The minimum atomic E-state index is -0.328. The van der Waals surface area contributed by atoms with Crippen LogP contribution in [0, 0.1) is 0 Å². The lowest BCUT2D eigenvalue weighted by atomic mass is 10.0. The number of nitrogens with zero attached hydrogens (tertiary/aromatic N) is 1. The molecule has 6 heteroatoms. The van der Waals surface area contributed by atoms with Gasteiger partial charge in [0, 0.05) is 43.2 Å². The predicted octanol–water partition coefficient (Wildman–Crippen LogP) is 0.305. The summed E-state index contributed by atoms with van der Waals surface area (Å²) in [5.74, 6) is 0.539. The highest BCUT2D eigenvalue weighted by Crippen LogP contribution is 2.30. The van der Waals surface area contributed by atoms with Crippen molar-refractivity contribution in [1.82, 2.24) is 10.2 Å². The van der Waals surface area contributed by atoms with Crippen molar-refractivity contribution in [3.63, 3.8) is 0 Å². The molecule has 8 N–H and O–H groups in total. The lowest BCUT2D eigenvalue weighted by Gasteiger charge is -2.37. The molecule has 1 aromatic carbocycles. The summed E-state index contributed by atoms with van der Waals surface area (Å²) >= 11 is 0. The third-order valence-electron chi connectivity index (χ3n) is 4.68. The molecule has 0 saturated carbocycles. The number of likely N-dealkylation sites (tertiary alicyclic amines) is 1. The Morgan fingerprint density at radius 3 is 2.45 bits per heavy atom. The summed E-state index contributed by atoms with van der Waals surface area (Å²) in [4.78, 5) is 2.26. The zero-order valence-electron chi connectivity index (χ0n) is 12.7. The molecule has 3 rings (SSSR count). The number of benzene rings is 1. The number of hydrogen-bond donors (Lipinski definition) is 5. The van der Waals surface area contributed by atoms with Crippen LogP contribution in [0.3, 0.4) is 0 Å². The second-order valence-corrected chi connectivity index (χ2v) is 6.31. The van der Waals surface area contributed by atoms with E-state index in [0.29, 0.717) is 24.3 Å². The molecule has 2 fully saturated rings. The number of phenolic OH excluding ortho intramolecular Hbond substituents is 1. The van der Waals surface area contributed by atoms with Gasteiger partial charge in [-0.1, -0.05) is 18.2 Å². The highest BCUT2D eigenvalue weighted by Gasteiger charge is 2.34. The van der Waals surface area contributed by atoms with E-state index in [-0.39, 0.29) is 11.8 Å². The summed E-state index contributed by atoms with van der Waals surface area (Å²) in [6.45, 7) is 1.83. The van der Waals surface area contributed by atoms with Crippen molar-refractivity contribution in [1.29, 1.82) is 0 Å². The van der Waals surface area contributed by atoms with E-state index in [1.54, 1.807) is 12.1 Å². The lowest BCUT2D eigenvalue weighted by Crippen LogP contribution is -2.51. The maximum absolute atomic E-state index is 9.95. The Kier molecular flexibility index (Phi) is 4.13. The third-order valence-corrected chi connectivity index (χ3v) is 4.68. The lowest BCUT2D eigenvalue weighted by molar-refractivity contribution is 0.231. The number of para-hydroxylation sites is 1. The van der Waals surface area contributed by atoms with E-state index in [2.05, 4.69) is 10.2 Å². The van der Waals surface area contributed by atoms with E-state index in [1.165, 1.54) is 12.8 Å². The van der Waals surface area contributed by atoms with E-state index in [4.69, 9.17) is 17.2 Å². The molecule has 2 saturated heterocycles. The average Bonchev–Trinajstić information content (AvgIpc) is 2.83. The van der Waals surface area contributed by atoms with Gasteiger partial charge in [-0.25, -0.2) is 0 Å². The van der Waals surface area contributed by atoms with Crippen LogP contribution < -0.4 is 22.5 Å². The van der Waals surface area contributed by atoms with Gasteiger partial charge >= 0.3 is 0 Å². The first-order valence-electron chi connectivity index (χ1n) is 7.83. The predicted molar refractivity (Wildman–Crippen MR) is 86.6 cm³/mol. The molecule has 1 aromatic rings. The Hall–Kier alpha value is -1.92. The molecule has 6 nitrogen and oxygen atoms in total. The van der Waals surface area contributed by atoms with Gasteiger partial charge in [0.05, 0.1) is 5.70 Å². The minimum absolute atomic E-state index is 0.213. The number of piperazine rings is 1. The zero-order valence-corrected chi connectivity index (χ0v) is 12.7. The fourth-order valence-electron chi connectivity index (χ4n) is 3.57. The van der Waals surface area contributed by atoms with Gasteiger partial charge in [-0.2, -0.15) is 0 Å². The van der Waals surface area contributed by atoms with E-state index < -0.39 is 0 Å². The number of nitrogens with two attached hydrogens (primary N) is 3. The normalized spacial score (nSPS) is 25.0. The van der Waals surface area contributed by atoms with Crippen molar-refractivity contribution < 1.29 is 5.11 Å². The maximum Gasteiger partial charge on any atom is 0.120 e. The number of aromatic hydroxyl groups is 1. The average molecular weight is 303 g/mol. The smallest absolute Gasteiger partial charge is 0.120 e. The topological polar surface area (TPSA) is 114 Å². The van der Waals surface area contributed by atoms with Gasteiger partial charge in [-0.15, -0.1) is 0 Å². The molecule has 0 amide bonds. The molecule has 0 spiro atoms. The first kappa shape index (κ1) is 15.0. The zero-order chi connectivity index (χ0) is 15.7. The molecule has 120 valence electrons. The van der Waals surface area contributed by atoms with Gasteiger partial charge < -0.3 is 32.5 Å². The molecular weight excluding hydrogens is 278 g/mol. The van der Waals surface area contributed by atoms with Crippen LogP contribution in [0.15, 0.2) is 35.8 Å². The standard InChI is InChI=1S/C16H25N5O/c17-13(12-3-1-2-4-15(12)22)7-14(16(18)19)21-8-10-5-6-11(9-21)20-10/h1-4,10-11,13,20,22H,5-9,17-19H2. The minimum Gasteiger partial charge on any atom is -0.508 e. The molecule has 3 unspecified atom stereocenters. The quantitative estimate of drug-likeness (QED) is 0.547. The van der Waals surface area contributed by atoms with E-state index in [0.717, 1.165) is 24.4 Å². The van der Waals surface area contributed by atoms with Crippen molar-refractivity contribution in [2.75, 3.05) is 13.1 Å². The summed E-state index contributed by atoms with van der Waals surface area (Å²) in [5.41, 5.74) is 19.7. The van der Waals surface area contributed by atoms with Crippen molar-refractivity contribution in [2.24, 2.45) is 17.2 Å². The number of rotatable bonds is 4. The molecule has 22 heavy (non-hydrogen) atoms. The van der Waals surface area contributed by atoms with Gasteiger partial charge in [0.25, 0.3) is 0 Å². The molecule has 2 aliphatic heterocycles. The van der Waals surface area contributed by atoms with E-state index in [9.17, 15) is 5.11 Å². The monoisotopic (exact) mass is 303 g/mol. The highest BCUT2D eigenvalue weighted by atomic mass is 16.3. The number of fused-ring (bicyclic) bond motifs is 2. The number of phenols is 1. The Morgan fingerprint density at radius 1 is 1.23 bits per heavy atom. The number of nitrogens with one attached hydrogen (secondary N) is 1. The van der Waals surface area contributed by atoms with Crippen LogP contribution in [0.2, 0.25) is 0 Å². The SMILES string of the molecule is NC(N)=C(CC(N)c1ccccc1O)N1CC2CCC(C1)N2. The Morgan fingerprint density at radius 2 is 1.86 bits per heavy atom. The Balaban J connectivity index is 1.76. The summed E-state index contributed by atoms with van der Waals surface area (Å²) in [6, 6.07) is 7.83. The second kappa shape index (κ2) is 6.06. The van der Waals surface area contributed by atoms with Crippen LogP contribution in [-0.4, -0.2) is 35.2 Å². The molecule has 2 aliphatic rings. The van der Waals surface area contributed by atoms with Crippen LogP contribution in [0.5, 0.6) is 5.75 Å². The highest BCUT2D eigenvalue weighted by molar-refractivity contribution is 5.35. The Bertz CT molecular complexity index is 557. The first-order chi connectivity index (χ1) is 10.5. The van der Waals surface area contributed by atoms with E-state index >= 15 is 0 Å². The molecule has 2 heterocycles. The van der Waals surface area contributed by atoms with Gasteiger partial charge in [-0.3, -0.25) is 0 Å². The van der Waals surface area contributed by atoms with Crippen molar-refractivity contribution in [2.45, 2.75) is 37.4 Å². The Labute approximate surface area is 131 Å². The molecular formula is C16H25N5O. The first-order valence-corrected chi connectivity index (χ1v) is 7.83. The second-order valence-electron chi connectivity index (χ2n) is 6.31. The van der Waals surface area contributed by atoms with Crippen LogP contribution >= 0.6 is 0 Å². The molecule has 0 aromatic heterocycles. The molecule has 2 bridgehead atoms.